The molecule has 5 heteroatoms. The standard InChI is InChI=1S/C28H25BN2O2/c1-27(2)28(3,4)33-29(32-27)19-15-16-30-24(17-19)26-22-14-13-18-9-5-6-10-20(18)25(22)21-11-7-8-12-23(21)31-26/h5-17H,1-4H3. The molecule has 3 heterocycles. The highest BCUT2D eigenvalue weighted by molar-refractivity contribution is 6.62. The summed E-state index contributed by atoms with van der Waals surface area (Å²) in [5, 5.41) is 5.88. The molecule has 3 aromatic carbocycles. The second-order valence-electron chi connectivity index (χ2n) is 9.75. The van der Waals surface area contributed by atoms with E-state index in [0.717, 1.165) is 33.1 Å². The molecule has 0 atom stereocenters. The maximum atomic E-state index is 6.29. The Hall–Kier alpha value is -3.28. The van der Waals surface area contributed by atoms with Crippen molar-refractivity contribution in [3.63, 3.8) is 0 Å². The summed E-state index contributed by atoms with van der Waals surface area (Å²) >= 11 is 0. The smallest absolute Gasteiger partial charge is 0.399 e. The summed E-state index contributed by atoms with van der Waals surface area (Å²) in [5.74, 6) is 0. The fraction of sp³-hybridized carbons (Fsp3) is 0.214. The zero-order valence-electron chi connectivity index (χ0n) is 19.3. The fourth-order valence-electron chi connectivity index (χ4n) is 4.62. The second-order valence-corrected chi connectivity index (χ2v) is 9.75. The normalized spacial score (nSPS) is 17.3. The maximum Gasteiger partial charge on any atom is 0.494 e. The minimum atomic E-state index is -0.440. The molecule has 4 nitrogen and oxygen atoms in total. The van der Waals surface area contributed by atoms with Gasteiger partial charge in [-0.1, -0.05) is 54.6 Å². The predicted octanol–water partition coefficient (Wildman–Crippen LogP) is 5.90. The van der Waals surface area contributed by atoms with Gasteiger partial charge in [0.2, 0.25) is 0 Å². The van der Waals surface area contributed by atoms with E-state index in [4.69, 9.17) is 19.3 Å². The highest BCUT2D eigenvalue weighted by Crippen LogP contribution is 2.38. The number of benzene rings is 3. The molecule has 1 aliphatic rings. The molecule has 33 heavy (non-hydrogen) atoms. The molecule has 162 valence electrons. The van der Waals surface area contributed by atoms with Gasteiger partial charge in [0.15, 0.2) is 0 Å². The Morgan fingerprint density at radius 3 is 2.21 bits per heavy atom. The first-order chi connectivity index (χ1) is 15.8. The summed E-state index contributed by atoms with van der Waals surface area (Å²) in [6.07, 6.45) is 1.82. The van der Waals surface area contributed by atoms with Crippen LogP contribution in [-0.2, 0) is 9.31 Å². The lowest BCUT2D eigenvalue weighted by Crippen LogP contribution is -2.41. The summed E-state index contributed by atoms with van der Waals surface area (Å²) in [6.45, 7) is 8.27. The van der Waals surface area contributed by atoms with E-state index in [-0.39, 0.29) is 0 Å². The van der Waals surface area contributed by atoms with E-state index in [1.54, 1.807) is 0 Å². The first-order valence-corrected chi connectivity index (χ1v) is 11.4. The molecule has 5 aromatic rings. The molecule has 6 rings (SSSR count). The first kappa shape index (κ1) is 20.3. The van der Waals surface area contributed by atoms with E-state index < -0.39 is 18.3 Å². The highest BCUT2D eigenvalue weighted by atomic mass is 16.7. The van der Waals surface area contributed by atoms with Crippen LogP contribution in [0.5, 0.6) is 0 Å². The third-order valence-electron chi connectivity index (χ3n) is 7.14. The van der Waals surface area contributed by atoms with Crippen molar-refractivity contribution in [3.05, 3.63) is 79.0 Å². The first-order valence-electron chi connectivity index (χ1n) is 11.4. The van der Waals surface area contributed by atoms with Crippen LogP contribution in [0.3, 0.4) is 0 Å². The van der Waals surface area contributed by atoms with Gasteiger partial charge in [-0.3, -0.25) is 4.98 Å². The van der Waals surface area contributed by atoms with Gasteiger partial charge in [0, 0.05) is 22.4 Å². The molecule has 0 N–H and O–H groups in total. The Kier molecular flexibility index (Phi) is 4.38. The Morgan fingerprint density at radius 2 is 1.42 bits per heavy atom. The van der Waals surface area contributed by atoms with Gasteiger partial charge < -0.3 is 9.31 Å². The number of aromatic nitrogens is 2. The number of pyridine rings is 2. The maximum absolute atomic E-state index is 6.29. The summed E-state index contributed by atoms with van der Waals surface area (Å²) in [7, 11) is -0.440. The van der Waals surface area contributed by atoms with Gasteiger partial charge in [0.1, 0.15) is 0 Å². The van der Waals surface area contributed by atoms with Crippen molar-refractivity contribution in [2.75, 3.05) is 0 Å². The van der Waals surface area contributed by atoms with Gasteiger partial charge in [0.25, 0.3) is 0 Å². The minimum Gasteiger partial charge on any atom is -0.399 e. The zero-order valence-corrected chi connectivity index (χ0v) is 19.3. The Bertz CT molecular complexity index is 1510. The molecule has 1 fully saturated rings. The number of rotatable bonds is 2. The quantitative estimate of drug-likeness (QED) is 0.257. The van der Waals surface area contributed by atoms with Crippen molar-refractivity contribution in [2.24, 2.45) is 0 Å². The third kappa shape index (κ3) is 3.15. The van der Waals surface area contributed by atoms with Crippen molar-refractivity contribution in [3.8, 4) is 11.4 Å². The Labute approximate surface area is 193 Å². The Balaban J connectivity index is 1.58. The van der Waals surface area contributed by atoms with E-state index in [0.29, 0.717) is 0 Å². The van der Waals surface area contributed by atoms with Crippen molar-refractivity contribution in [1.82, 2.24) is 9.97 Å². The largest absolute Gasteiger partial charge is 0.494 e. The molecule has 0 spiro atoms. The van der Waals surface area contributed by atoms with Crippen molar-refractivity contribution < 1.29 is 9.31 Å². The van der Waals surface area contributed by atoms with E-state index in [1.165, 1.54) is 16.2 Å². The van der Waals surface area contributed by atoms with Gasteiger partial charge in [-0.2, -0.15) is 0 Å². The molecule has 0 aliphatic carbocycles. The van der Waals surface area contributed by atoms with E-state index >= 15 is 0 Å². The number of hydrogen-bond acceptors (Lipinski definition) is 4. The van der Waals surface area contributed by atoms with Crippen LogP contribution < -0.4 is 5.46 Å². The van der Waals surface area contributed by atoms with Crippen molar-refractivity contribution >= 4 is 45.0 Å². The molecule has 0 bridgehead atoms. The lowest BCUT2D eigenvalue weighted by Gasteiger charge is -2.32. The van der Waals surface area contributed by atoms with Gasteiger partial charge in [-0.05, 0) is 62.1 Å². The summed E-state index contributed by atoms with van der Waals surface area (Å²) < 4.78 is 12.6. The monoisotopic (exact) mass is 432 g/mol. The molecule has 0 unspecified atom stereocenters. The van der Waals surface area contributed by atoms with Gasteiger partial charge >= 0.3 is 7.12 Å². The van der Waals surface area contributed by atoms with Crippen LogP contribution >= 0.6 is 0 Å². The summed E-state index contributed by atoms with van der Waals surface area (Å²) in [4.78, 5) is 9.78. The number of nitrogens with zero attached hydrogens (tertiary/aromatic N) is 2. The van der Waals surface area contributed by atoms with Crippen LogP contribution in [0.4, 0.5) is 0 Å². The average molecular weight is 432 g/mol. The van der Waals surface area contributed by atoms with Crippen LogP contribution in [0, 0.1) is 0 Å². The molecule has 1 saturated heterocycles. The zero-order chi connectivity index (χ0) is 22.8. The Morgan fingerprint density at radius 1 is 0.727 bits per heavy atom. The summed E-state index contributed by atoms with van der Waals surface area (Å²) in [6, 6.07) is 25.2. The molecule has 0 saturated carbocycles. The van der Waals surface area contributed by atoms with Gasteiger partial charge in [0.05, 0.1) is 28.1 Å². The van der Waals surface area contributed by atoms with E-state index in [9.17, 15) is 0 Å². The lowest BCUT2D eigenvalue weighted by molar-refractivity contribution is 0.00578. The highest BCUT2D eigenvalue weighted by Gasteiger charge is 2.51. The predicted molar refractivity (Wildman–Crippen MR) is 136 cm³/mol. The van der Waals surface area contributed by atoms with Gasteiger partial charge in [-0.15, -0.1) is 0 Å². The molecule has 1 aliphatic heterocycles. The van der Waals surface area contributed by atoms with Crippen molar-refractivity contribution in [2.45, 2.75) is 38.9 Å². The van der Waals surface area contributed by atoms with Gasteiger partial charge in [-0.25, -0.2) is 4.98 Å². The SMILES string of the molecule is CC1(C)OB(c2ccnc(-c3nc4ccccc4c4c3ccc3ccccc34)c2)OC1(C)C. The molecular weight excluding hydrogens is 407 g/mol. The van der Waals surface area contributed by atoms with E-state index in [1.807, 2.05) is 24.4 Å². The minimum absolute atomic E-state index is 0.395. The number of fused-ring (bicyclic) bond motifs is 5. The molecule has 0 amide bonds. The third-order valence-corrected chi connectivity index (χ3v) is 7.14. The molecular formula is C28H25BN2O2. The fourth-order valence-corrected chi connectivity index (χ4v) is 4.62. The number of hydrogen-bond donors (Lipinski definition) is 0. The van der Waals surface area contributed by atoms with Crippen LogP contribution in [0.25, 0.3) is 43.8 Å². The molecule has 0 radical (unpaired) electrons. The summed E-state index contributed by atoms with van der Waals surface area (Å²) in [5.41, 5.74) is 2.80. The molecule has 2 aromatic heterocycles. The van der Waals surface area contributed by atoms with Crippen LogP contribution in [0.2, 0.25) is 0 Å². The topological polar surface area (TPSA) is 44.2 Å². The number of para-hydroxylation sites is 1. The van der Waals surface area contributed by atoms with Crippen LogP contribution in [0.15, 0.2) is 79.0 Å². The average Bonchev–Trinajstić information content (AvgIpc) is 3.05. The van der Waals surface area contributed by atoms with Crippen LogP contribution in [0.1, 0.15) is 27.7 Å². The van der Waals surface area contributed by atoms with Crippen molar-refractivity contribution in [1.29, 1.82) is 0 Å². The second kappa shape index (κ2) is 7.11. The van der Waals surface area contributed by atoms with E-state index in [2.05, 4.69) is 82.3 Å². The van der Waals surface area contributed by atoms with Crippen LogP contribution in [-0.4, -0.2) is 28.3 Å². The lowest BCUT2D eigenvalue weighted by atomic mass is 9.79.